The number of fused-ring (bicyclic) bond motifs is 1. The van der Waals surface area contributed by atoms with E-state index in [1.165, 1.54) is 33.7 Å². The van der Waals surface area contributed by atoms with Gasteiger partial charge in [0.2, 0.25) is 0 Å². The van der Waals surface area contributed by atoms with Crippen molar-refractivity contribution in [2.75, 3.05) is 19.4 Å². The van der Waals surface area contributed by atoms with E-state index in [-0.39, 0.29) is 5.91 Å². The van der Waals surface area contributed by atoms with Crippen molar-refractivity contribution in [2.24, 2.45) is 0 Å². The standard InChI is InChI=1S/C16H17N5OS/c1-9-5-6-11(7-10(9)2)19-13-12-14(18-8-17-13)23-15(20-12)16(22)21(3)4/h5-8H,1-4H3,(H,17,18,19). The fourth-order valence-corrected chi connectivity index (χ4v) is 3.01. The maximum absolute atomic E-state index is 12.1. The Kier molecular flexibility index (Phi) is 3.96. The zero-order valence-electron chi connectivity index (χ0n) is 13.4. The molecule has 0 bridgehead atoms. The molecule has 2 heterocycles. The van der Waals surface area contributed by atoms with Gasteiger partial charge in [0.25, 0.3) is 5.91 Å². The largest absolute Gasteiger partial charge is 0.343 e. The highest BCUT2D eigenvalue weighted by Gasteiger charge is 2.17. The molecule has 0 atom stereocenters. The van der Waals surface area contributed by atoms with E-state index < -0.39 is 0 Å². The molecular formula is C16H17N5OS. The Labute approximate surface area is 138 Å². The molecule has 3 rings (SSSR count). The van der Waals surface area contributed by atoms with Crippen LogP contribution in [0.1, 0.15) is 20.9 Å². The second kappa shape index (κ2) is 5.92. The fraction of sp³-hybridized carbons (Fsp3) is 0.250. The number of rotatable bonds is 3. The van der Waals surface area contributed by atoms with Crippen LogP contribution in [-0.4, -0.2) is 39.9 Å². The van der Waals surface area contributed by atoms with Crippen LogP contribution in [0.15, 0.2) is 24.5 Å². The van der Waals surface area contributed by atoms with Gasteiger partial charge in [-0.1, -0.05) is 17.4 Å². The van der Waals surface area contributed by atoms with Crippen molar-refractivity contribution in [3.63, 3.8) is 0 Å². The summed E-state index contributed by atoms with van der Waals surface area (Å²) in [4.78, 5) is 27.2. The van der Waals surface area contributed by atoms with Gasteiger partial charge in [-0.15, -0.1) is 0 Å². The molecule has 0 spiro atoms. The van der Waals surface area contributed by atoms with Gasteiger partial charge >= 0.3 is 0 Å². The van der Waals surface area contributed by atoms with E-state index in [1.807, 2.05) is 6.07 Å². The highest BCUT2D eigenvalue weighted by molar-refractivity contribution is 7.19. The van der Waals surface area contributed by atoms with Crippen molar-refractivity contribution in [2.45, 2.75) is 13.8 Å². The summed E-state index contributed by atoms with van der Waals surface area (Å²) in [6, 6.07) is 6.11. The van der Waals surface area contributed by atoms with Gasteiger partial charge < -0.3 is 10.2 Å². The Morgan fingerprint density at radius 1 is 1.17 bits per heavy atom. The number of benzene rings is 1. The lowest BCUT2D eigenvalue weighted by Gasteiger charge is -2.08. The molecule has 7 heteroatoms. The molecule has 0 radical (unpaired) electrons. The molecule has 0 aliphatic heterocycles. The van der Waals surface area contributed by atoms with Gasteiger partial charge in [0.15, 0.2) is 10.8 Å². The lowest BCUT2D eigenvalue weighted by Crippen LogP contribution is -2.21. The minimum absolute atomic E-state index is 0.134. The number of carbonyl (C=O) groups is 1. The van der Waals surface area contributed by atoms with Crippen LogP contribution in [0.4, 0.5) is 11.5 Å². The third kappa shape index (κ3) is 3.00. The molecule has 6 nitrogen and oxygen atoms in total. The Morgan fingerprint density at radius 3 is 2.65 bits per heavy atom. The van der Waals surface area contributed by atoms with Gasteiger partial charge in [-0.2, -0.15) is 0 Å². The van der Waals surface area contributed by atoms with E-state index >= 15 is 0 Å². The molecule has 0 saturated heterocycles. The number of carbonyl (C=O) groups excluding carboxylic acids is 1. The normalized spacial score (nSPS) is 10.8. The van der Waals surface area contributed by atoms with Crippen molar-refractivity contribution < 1.29 is 4.79 Å². The van der Waals surface area contributed by atoms with E-state index in [4.69, 9.17) is 0 Å². The first-order valence-corrected chi connectivity index (χ1v) is 7.95. The number of anilines is 2. The van der Waals surface area contributed by atoms with Crippen LogP contribution in [-0.2, 0) is 0 Å². The molecule has 23 heavy (non-hydrogen) atoms. The third-order valence-electron chi connectivity index (χ3n) is 3.55. The van der Waals surface area contributed by atoms with Gasteiger partial charge in [-0.05, 0) is 37.1 Å². The number of nitrogens with zero attached hydrogens (tertiary/aromatic N) is 4. The van der Waals surface area contributed by atoms with E-state index in [0.717, 1.165) is 5.69 Å². The monoisotopic (exact) mass is 327 g/mol. The minimum atomic E-state index is -0.134. The smallest absolute Gasteiger partial charge is 0.282 e. The summed E-state index contributed by atoms with van der Waals surface area (Å²) in [5, 5.41) is 3.68. The van der Waals surface area contributed by atoms with Gasteiger partial charge in [0, 0.05) is 19.8 Å². The second-order valence-electron chi connectivity index (χ2n) is 5.52. The van der Waals surface area contributed by atoms with Gasteiger partial charge in [-0.25, -0.2) is 15.0 Å². The Bertz CT molecular complexity index is 887. The molecule has 1 N–H and O–H groups in total. The van der Waals surface area contributed by atoms with E-state index in [2.05, 4.69) is 46.2 Å². The summed E-state index contributed by atoms with van der Waals surface area (Å²) in [5.74, 6) is 0.470. The molecule has 0 unspecified atom stereocenters. The van der Waals surface area contributed by atoms with Crippen LogP contribution in [0.5, 0.6) is 0 Å². The summed E-state index contributed by atoms with van der Waals surface area (Å²) in [6.07, 6.45) is 1.48. The summed E-state index contributed by atoms with van der Waals surface area (Å²) < 4.78 is 0. The maximum Gasteiger partial charge on any atom is 0.282 e. The second-order valence-corrected chi connectivity index (χ2v) is 6.50. The first-order valence-electron chi connectivity index (χ1n) is 7.13. The first kappa shape index (κ1) is 15.4. The van der Waals surface area contributed by atoms with E-state index in [1.54, 1.807) is 14.1 Å². The van der Waals surface area contributed by atoms with Crippen LogP contribution < -0.4 is 5.32 Å². The summed E-state index contributed by atoms with van der Waals surface area (Å²) in [7, 11) is 3.41. The number of amides is 1. The number of nitrogens with one attached hydrogen (secondary N) is 1. The average molecular weight is 327 g/mol. The van der Waals surface area contributed by atoms with Gasteiger partial charge in [0.05, 0.1) is 0 Å². The predicted octanol–water partition coefficient (Wildman–Crippen LogP) is 3.15. The predicted molar refractivity (Wildman–Crippen MR) is 92.4 cm³/mol. The van der Waals surface area contributed by atoms with Crippen molar-refractivity contribution in [1.29, 1.82) is 0 Å². The van der Waals surface area contributed by atoms with Crippen molar-refractivity contribution in [1.82, 2.24) is 19.9 Å². The Hall–Kier alpha value is -2.54. The van der Waals surface area contributed by atoms with Crippen molar-refractivity contribution in [3.8, 4) is 0 Å². The number of aromatic nitrogens is 3. The topological polar surface area (TPSA) is 71.0 Å². The number of hydrogen-bond acceptors (Lipinski definition) is 6. The van der Waals surface area contributed by atoms with Crippen molar-refractivity contribution in [3.05, 3.63) is 40.7 Å². The van der Waals surface area contributed by atoms with Crippen LogP contribution >= 0.6 is 11.3 Å². The number of aryl methyl sites for hydroxylation is 2. The maximum atomic E-state index is 12.1. The van der Waals surface area contributed by atoms with Gasteiger partial charge in [-0.3, -0.25) is 4.79 Å². The molecule has 1 aromatic carbocycles. The SMILES string of the molecule is Cc1ccc(Nc2ncnc3sc(C(=O)N(C)C)nc23)cc1C. The quantitative estimate of drug-likeness (QED) is 0.800. The molecule has 1 amide bonds. The Balaban J connectivity index is 2.00. The first-order chi connectivity index (χ1) is 11.0. The molecule has 0 fully saturated rings. The minimum Gasteiger partial charge on any atom is -0.343 e. The average Bonchev–Trinajstić information content (AvgIpc) is 2.95. The Morgan fingerprint density at radius 2 is 1.96 bits per heavy atom. The van der Waals surface area contributed by atoms with Gasteiger partial charge in [0.1, 0.15) is 16.7 Å². The van der Waals surface area contributed by atoms with Crippen LogP contribution in [0.3, 0.4) is 0 Å². The zero-order valence-corrected chi connectivity index (χ0v) is 14.2. The van der Waals surface area contributed by atoms with E-state index in [9.17, 15) is 4.79 Å². The molecule has 118 valence electrons. The summed E-state index contributed by atoms with van der Waals surface area (Å²) in [6.45, 7) is 4.13. The van der Waals surface area contributed by atoms with E-state index in [0.29, 0.717) is 21.2 Å². The highest BCUT2D eigenvalue weighted by atomic mass is 32.1. The molecule has 0 aliphatic rings. The zero-order chi connectivity index (χ0) is 16.6. The number of hydrogen-bond donors (Lipinski definition) is 1. The molecule has 3 aromatic rings. The molecule has 0 aliphatic carbocycles. The third-order valence-corrected chi connectivity index (χ3v) is 4.51. The fourth-order valence-electron chi connectivity index (χ4n) is 2.08. The van der Waals surface area contributed by atoms with Crippen LogP contribution in [0.25, 0.3) is 10.3 Å². The highest BCUT2D eigenvalue weighted by Crippen LogP contribution is 2.27. The van der Waals surface area contributed by atoms with Crippen LogP contribution in [0, 0.1) is 13.8 Å². The van der Waals surface area contributed by atoms with Crippen molar-refractivity contribution >= 4 is 39.1 Å². The molecule has 2 aromatic heterocycles. The lowest BCUT2D eigenvalue weighted by molar-refractivity contribution is 0.0827. The summed E-state index contributed by atoms with van der Waals surface area (Å²) in [5.41, 5.74) is 3.97. The van der Waals surface area contributed by atoms with Crippen LogP contribution in [0.2, 0.25) is 0 Å². The molecular weight excluding hydrogens is 310 g/mol. The summed E-state index contributed by atoms with van der Waals surface area (Å²) >= 11 is 1.27. The lowest BCUT2D eigenvalue weighted by atomic mass is 10.1. The molecule has 0 saturated carbocycles. The number of thiazole rings is 1.